The van der Waals surface area contributed by atoms with Gasteiger partial charge in [-0.25, -0.2) is 9.97 Å². The van der Waals surface area contributed by atoms with E-state index in [-0.39, 0.29) is 11.6 Å². The molecule has 0 aliphatic carbocycles. The lowest BCUT2D eigenvalue weighted by Crippen LogP contribution is -2.17. The minimum atomic E-state index is -0.318. The van der Waals surface area contributed by atoms with Crippen molar-refractivity contribution in [2.24, 2.45) is 0 Å². The van der Waals surface area contributed by atoms with Crippen LogP contribution in [0.3, 0.4) is 0 Å². The Balaban J connectivity index is 0.000000429. The van der Waals surface area contributed by atoms with E-state index in [9.17, 15) is 4.79 Å². The van der Waals surface area contributed by atoms with E-state index in [0.717, 1.165) is 21.9 Å². The van der Waals surface area contributed by atoms with Crippen LogP contribution in [0.2, 0.25) is 0 Å². The second kappa shape index (κ2) is 11.3. The molecule has 184 valence electrons. The second-order valence-corrected chi connectivity index (χ2v) is 9.99. The number of ether oxygens (including phenoxy) is 2. The molecule has 2 aromatic heterocycles. The summed E-state index contributed by atoms with van der Waals surface area (Å²) in [7, 11) is 3.67. The monoisotopic (exact) mass is 492 g/mol. The van der Waals surface area contributed by atoms with Crippen molar-refractivity contribution in [3.05, 3.63) is 71.4 Å². The van der Waals surface area contributed by atoms with Crippen LogP contribution in [0.4, 0.5) is 5.95 Å². The van der Waals surface area contributed by atoms with Gasteiger partial charge in [-0.05, 0) is 87.2 Å². The number of carbonyl (C=O) groups is 1. The normalized spacial score (nSPS) is 11.9. The topological polar surface area (TPSA) is 99.4 Å². The number of carbonyl (C=O) groups excluding carboxylic acids is 1. The smallest absolute Gasteiger partial charge is 0.293 e. The number of benzene rings is 2. The van der Waals surface area contributed by atoms with Gasteiger partial charge in [0.15, 0.2) is 0 Å². The lowest BCUT2D eigenvalue weighted by molar-refractivity contribution is -0.138. The minimum absolute atomic E-state index is 0.0805. The zero-order valence-electron chi connectivity index (χ0n) is 21.0. The van der Waals surface area contributed by atoms with Gasteiger partial charge in [-0.2, -0.15) is 0 Å². The second-order valence-electron chi connectivity index (χ2n) is 8.94. The molecular weight excluding hydrogens is 460 g/mol. The summed E-state index contributed by atoms with van der Waals surface area (Å²) >= 11 is 1.73. The highest BCUT2D eigenvalue weighted by molar-refractivity contribution is 7.22. The molecular formula is C27H32N4O3S. The van der Waals surface area contributed by atoms with Crippen LogP contribution in [0.1, 0.15) is 43.5 Å². The lowest BCUT2D eigenvalue weighted by Gasteiger charge is -2.18. The summed E-state index contributed by atoms with van der Waals surface area (Å²) < 4.78 is 11.2. The highest BCUT2D eigenvalue weighted by atomic mass is 32.1. The van der Waals surface area contributed by atoms with Gasteiger partial charge in [-0.15, -0.1) is 11.3 Å². The third-order valence-electron chi connectivity index (χ3n) is 5.32. The van der Waals surface area contributed by atoms with Crippen LogP contribution in [0.25, 0.3) is 20.7 Å². The van der Waals surface area contributed by atoms with E-state index >= 15 is 0 Å². The molecule has 3 N–H and O–H groups in total. The van der Waals surface area contributed by atoms with Crippen LogP contribution in [0, 0.1) is 6.92 Å². The number of nitrogens with zero attached hydrogens (tertiary/aromatic N) is 2. The Morgan fingerprint density at radius 3 is 2.46 bits per heavy atom. The molecule has 35 heavy (non-hydrogen) atoms. The van der Waals surface area contributed by atoms with Crippen LogP contribution in [0.15, 0.2) is 54.7 Å². The summed E-state index contributed by atoms with van der Waals surface area (Å²) in [6.07, 6.45) is 1.70. The Morgan fingerprint density at radius 1 is 1.11 bits per heavy atom. The highest BCUT2D eigenvalue weighted by Gasteiger charge is 2.17. The Hall–Kier alpha value is -3.49. The Labute approximate surface area is 210 Å². The van der Waals surface area contributed by atoms with Gasteiger partial charge in [0.25, 0.3) is 6.47 Å². The molecule has 0 spiro atoms. The molecule has 0 fully saturated rings. The van der Waals surface area contributed by atoms with Crippen LogP contribution in [0.5, 0.6) is 5.75 Å². The number of nitrogen functional groups attached to an aromatic ring is 1. The Bertz CT molecular complexity index is 1300. The maximum Gasteiger partial charge on any atom is 0.293 e. The van der Waals surface area contributed by atoms with Gasteiger partial charge in [0, 0.05) is 10.9 Å². The van der Waals surface area contributed by atoms with E-state index in [1.807, 2.05) is 46.0 Å². The molecule has 8 heteroatoms. The molecule has 7 nitrogen and oxygen atoms in total. The van der Waals surface area contributed by atoms with Gasteiger partial charge < -0.3 is 20.5 Å². The number of methoxy groups -OCH3 is 1. The Kier molecular flexibility index (Phi) is 8.43. The molecule has 1 atom stereocenters. The van der Waals surface area contributed by atoms with Crippen LogP contribution in [-0.2, 0) is 9.53 Å². The molecule has 0 aliphatic heterocycles. The van der Waals surface area contributed by atoms with Crippen molar-refractivity contribution in [1.29, 1.82) is 0 Å². The fraction of sp³-hybridized carbons (Fsp3) is 0.296. The predicted molar refractivity (Wildman–Crippen MR) is 143 cm³/mol. The number of hydrogen-bond acceptors (Lipinski definition) is 8. The van der Waals surface area contributed by atoms with E-state index in [2.05, 4.69) is 57.3 Å². The first-order valence-corrected chi connectivity index (χ1v) is 12.0. The van der Waals surface area contributed by atoms with E-state index in [1.54, 1.807) is 24.6 Å². The number of nitrogens with two attached hydrogens (primary N) is 1. The molecule has 4 aromatic rings. The fourth-order valence-electron chi connectivity index (χ4n) is 3.65. The molecule has 1 unspecified atom stereocenters. The Morgan fingerprint density at radius 2 is 1.86 bits per heavy atom. The zero-order chi connectivity index (χ0) is 25.6. The standard InChI is InChI=1S/C22H22N4OS.C5H10O2/c1-13-17-12-15(20(24-2)14-5-4-6-16(11-14)27-3)7-8-19(17)28-21(13)18-9-10-25-22(23)26-18;1-5(2,3)7-4-6/h4-12,20,24H,1-3H3,(H2,23,25,26);4H,1-3H3. The van der Waals surface area contributed by atoms with Crippen molar-refractivity contribution < 1.29 is 14.3 Å². The van der Waals surface area contributed by atoms with Crippen LogP contribution < -0.4 is 15.8 Å². The number of aryl methyl sites for hydroxylation is 1. The van der Waals surface area contributed by atoms with Gasteiger partial charge in [0.1, 0.15) is 11.4 Å². The lowest BCUT2D eigenvalue weighted by atomic mass is 9.96. The van der Waals surface area contributed by atoms with Gasteiger partial charge in [-0.3, -0.25) is 4.79 Å². The van der Waals surface area contributed by atoms with Crippen molar-refractivity contribution in [1.82, 2.24) is 15.3 Å². The zero-order valence-corrected chi connectivity index (χ0v) is 21.8. The summed E-state index contributed by atoms with van der Waals surface area (Å²) in [5.41, 5.74) is 9.90. The first-order valence-electron chi connectivity index (χ1n) is 11.2. The predicted octanol–water partition coefficient (Wildman–Crippen LogP) is 5.52. The summed E-state index contributed by atoms with van der Waals surface area (Å²) in [6, 6.07) is 16.8. The van der Waals surface area contributed by atoms with Crippen molar-refractivity contribution in [2.45, 2.75) is 39.3 Å². The number of aromatic nitrogens is 2. The fourth-order valence-corrected chi connectivity index (χ4v) is 4.81. The van der Waals surface area contributed by atoms with Gasteiger partial charge >= 0.3 is 0 Å². The van der Waals surface area contributed by atoms with Crippen molar-refractivity contribution in [3.63, 3.8) is 0 Å². The highest BCUT2D eigenvalue weighted by Crippen LogP contribution is 2.39. The number of anilines is 1. The van der Waals surface area contributed by atoms with Gasteiger partial charge in [-0.1, -0.05) is 18.2 Å². The minimum Gasteiger partial charge on any atom is -0.497 e. The van der Waals surface area contributed by atoms with Gasteiger partial charge in [0.05, 0.1) is 23.7 Å². The number of fused-ring (bicyclic) bond motifs is 1. The first-order chi connectivity index (χ1) is 16.7. The third kappa shape index (κ3) is 6.55. The molecule has 0 amide bonds. The molecule has 0 saturated carbocycles. The summed E-state index contributed by atoms with van der Waals surface area (Å²) in [4.78, 5) is 19.1. The molecule has 0 radical (unpaired) electrons. The number of nitrogens with one attached hydrogen (secondary N) is 1. The molecule has 0 bridgehead atoms. The quantitative estimate of drug-likeness (QED) is 0.342. The molecule has 0 aliphatic rings. The third-order valence-corrected chi connectivity index (χ3v) is 6.61. The average molecular weight is 493 g/mol. The van der Waals surface area contributed by atoms with E-state index in [4.69, 9.17) is 10.5 Å². The summed E-state index contributed by atoms with van der Waals surface area (Å²) in [5.74, 6) is 1.15. The molecule has 2 aromatic carbocycles. The molecule has 4 rings (SSSR count). The van der Waals surface area contributed by atoms with Crippen molar-refractivity contribution in [2.75, 3.05) is 19.9 Å². The summed E-state index contributed by atoms with van der Waals surface area (Å²) in [6.45, 7) is 8.06. The van der Waals surface area contributed by atoms with E-state index in [0.29, 0.717) is 12.4 Å². The van der Waals surface area contributed by atoms with Crippen molar-refractivity contribution in [3.8, 4) is 16.3 Å². The average Bonchev–Trinajstić information content (AvgIpc) is 3.15. The maximum atomic E-state index is 9.60. The van der Waals surface area contributed by atoms with Crippen LogP contribution >= 0.6 is 11.3 Å². The SMILES string of the molecule is CC(C)(C)OC=O.CNC(c1cccc(OC)c1)c1ccc2sc(-c3ccnc(N)n3)c(C)c2c1. The largest absolute Gasteiger partial charge is 0.497 e. The van der Waals surface area contributed by atoms with E-state index in [1.165, 1.54) is 21.2 Å². The summed E-state index contributed by atoms with van der Waals surface area (Å²) in [5, 5.41) is 4.66. The number of thiophene rings is 1. The van der Waals surface area contributed by atoms with Crippen LogP contribution in [-0.4, -0.2) is 36.2 Å². The van der Waals surface area contributed by atoms with Gasteiger partial charge in [0.2, 0.25) is 5.95 Å². The molecule has 2 heterocycles. The number of rotatable bonds is 6. The number of hydrogen-bond donors (Lipinski definition) is 2. The van der Waals surface area contributed by atoms with E-state index < -0.39 is 0 Å². The molecule has 0 saturated heterocycles. The first kappa shape index (κ1) is 26.1. The maximum absolute atomic E-state index is 9.60. The van der Waals surface area contributed by atoms with Crippen molar-refractivity contribution >= 4 is 33.8 Å².